The number of phenols is 1. The number of aryl methyl sites for hydroxylation is 2. The maximum absolute atomic E-state index is 14.1. The molecule has 1 aromatic heterocycles. The number of fused-ring (bicyclic) bond motifs is 4. The Bertz CT molecular complexity index is 1740. The van der Waals surface area contributed by atoms with Crippen LogP contribution in [0.2, 0.25) is 0 Å². The zero-order valence-electron chi connectivity index (χ0n) is 22.7. The number of para-hydroxylation sites is 1. The number of phenolic OH excluding ortho intramolecular Hbond substituents is 1. The molecule has 4 atom stereocenters. The molecule has 1 N–H and O–H groups in total. The van der Waals surface area contributed by atoms with Crippen molar-refractivity contribution in [2.75, 3.05) is 0 Å². The lowest BCUT2D eigenvalue weighted by atomic mass is 9.50. The van der Waals surface area contributed by atoms with Crippen molar-refractivity contribution in [3.8, 4) is 11.4 Å². The lowest BCUT2D eigenvalue weighted by Gasteiger charge is -2.53. The maximum atomic E-state index is 14.1. The van der Waals surface area contributed by atoms with Crippen molar-refractivity contribution in [1.82, 2.24) is 13.9 Å². The molecule has 2 heterocycles. The smallest absolute Gasteiger partial charge is 0.352 e. The van der Waals surface area contributed by atoms with Crippen LogP contribution in [0, 0.1) is 25.2 Å². The third kappa shape index (κ3) is 3.23. The van der Waals surface area contributed by atoms with Gasteiger partial charge in [-0.3, -0.25) is 9.59 Å². The summed E-state index contributed by atoms with van der Waals surface area (Å²) in [5.41, 5.74) is 2.41. The number of aromatic hydroxyl groups is 1. The Morgan fingerprint density at radius 2 is 1.54 bits per heavy atom. The van der Waals surface area contributed by atoms with Gasteiger partial charge in [0.15, 0.2) is 11.6 Å². The van der Waals surface area contributed by atoms with Crippen molar-refractivity contribution in [1.29, 1.82) is 0 Å². The summed E-state index contributed by atoms with van der Waals surface area (Å²) < 4.78 is 4.08. The largest absolute Gasteiger partial charge is 0.507 e. The molecule has 8 heteroatoms. The van der Waals surface area contributed by atoms with Crippen LogP contribution in [0.1, 0.15) is 55.8 Å². The van der Waals surface area contributed by atoms with Gasteiger partial charge in [-0.15, -0.1) is 0 Å². The topological polar surface area (TPSA) is 103 Å². The zero-order chi connectivity index (χ0) is 28.0. The van der Waals surface area contributed by atoms with E-state index in [2.05, 4.69) is 0 Å². The number of allylic oxidation sites excluding steroid dienone is 4. The summed E-state index contributed by atoms with van der Waals surface area (Å²) in [7, 11) is 0. The fourth-order valence-corrected chi connectivity index (χ4v) is 7.18. The Morgan fingerprint density at radius 3 is 2.18 bits per heavy atom. The zero-order valence-corrected chi connectivity index (χ0v) is 22.7. The van der Waals surface area contributed by atoms with Crippen molar-refractivity contribution in [3.05, 3.63) is 103 Å². The van der Waals surface area contributed by atoms with Gasteiger partial charge in [-0.2, -0.15) is 0 Å². The minimum absolute atomic E-state index is 0.0745. The number of Topliss-reactive ketones (excluding diaryl/α,β-unsaturated/α-hetero) is 2. The van der Waals surface area contributed by atoms with Crippen molar-refractivity contribution < 1.29 is 14.7 Å². The average Bonchev–Trinajstić information content (AvgIpc) is 3.18. The van der Waals surface area contributed by atoms with Gasteiger partial charge in [0.1, 0.15) is 5.75 Å². The van der Waals surface area contributed by atoms with E-state index in [1.54, 1.807) is 38.1 Å². The number of aromatic nitrogens is 3. The Hall–Kier alpha value is -4.20. The van der Waals surface area contributed by atoms with Gasteiger partial charge in [0.25, 0.3) is 0 Å². The second-order valence-electron chi connectivity index (χ2n) is 11.3. The Kier molecular flexibility index (Phi) is 5.40. The van der Waals surface area contributed by atoms with Crippen LogP contribution in [0.5, 0.6) is 5.75 Å². The molecule has 0 spiro atoms. The quantitative estimate of drug-likeness (QED) is 0.511. The van der Waals surface area contributed by atoms with Crippen LogP contribution in [-0.2, 0) is 16.1 Å². The third-order valence-corrected chi connectivity index (χ3v) is 9.29. The van der Waals surface area contributed by atoms with E-state index in [-0.39, 0.29) is 30.3 Å². The van der Waals surface area contributed by atoms with Crippen molar-refractivity contribution in [2.45, 2.75) is 59.5 Å². The Labute approximate surface area is 225 Å². The van der Waals surface area contributed by atoms with Crippen LogP contribution in [0.3, 0.4) is 0 Å². The number of carbonyl (C=O) groups excluding carboxylic acids is 2. The third-order valence-electron chi connectivity index (χ3n) is 9.29. The van der Waals surface area contributed by atoms with E-state index in [0.29, 0.717) is 28.0 Å². The van der Waals surface area contributed by atoms with Crippen LogP contribution >= 0.6 is 0 Å². The number of carbonyl (C=O) groups is 2. The monoisotopic (exact) mass is 525 g/mol. The molecule has 3 aromatic rings. The van der Waals surface area contributed by atoms with Crippen LogP contribution < -0.4 is 11.4 Å². The number of benzene rings is 2. The molecule has 4 unspecified atom stereocenters. The molecule has 39 heavy (non-hydrogen) atoms. The lowest BCUT2D eigenvalue weighted by molar-refractivity contribution is -0.140. The van der Waals surface area contributed by atoms with Crippen molar-refractivity contribution in [2.24, 2.45) is 11.3 Å². The molecule has 0 saturated heterocycles. The summed E-state index contributed by atoms with van der Waals surface area (Å²) in [6.07, 6.45) is 2.19. The first kappa shape index (κ1) is 25.1. The minimum Gasteiger partial charge on any atom is -0.507 e. The summed E-state index contributed by atoms with van der Waals surface area (Å²) in [5.74, 6) is -1.18. The predicted molar refractivity (Wildman–Crippen MR) is 146 cm³/mol. The molecular formula is C31H31N3O5. The van der Waals surface area contributed by atoms with Crippen molar-refractivity contribution in [3.63, 3.8) is 0 Å². The Morgan fingerprint density at radius 1 is 0.897 bits per heavy atom. The molecule has 0 radical (unpaired) electrons. The van der Waals surface area contributed by atoms with Crippen molar-refractivity contribution >= 4 is 11.6 Å². The first-order valence-corrected chi connectivity index (χ1v) is 13.2. The molecule has 8 nitrogen and oxygen atoms in total. The molecule has 6 rings (SSSR count). The maximum Gasteiger partial charge on any atom is 0.352 e. The molecule has 200 valence electrons. The highest BCUT2D eigenvalue weighted by molar-refractivity contribution is 6.15. The van der Waals surface area contributed by atoms with E-state index >= 15 is 0 Å². The summed E-state index contributed by atoms with van der Waals surface area (Å²) in [4.78, 5) is 55.2. The fraction of sp³-hybridized carbons (Fsp3) is 0.355. The standard InChI is InChI=1S/C31H31N3O5/c1-16-13-20(14-17(2)26(16)35)25-22-11-12-32-29(38)33(21-9-7-6-8-10-21)30(39)34(32)24(22)15-23-27(36)18(3)19(4)28(37)31(23,25)5/h6-11,13-14,23-25,35H,12,15H2,1-5H3. The molecule has 1 saturated carbocycles. The lowest BCUT2D eigenvalue weighted by Crippen LogP contribution is -2.55. The number of hydrogen-bond acceptors (Lipinski definition) is 5. The highest BCUT2D eigenvalue weighted by Gasteiger charge is 2.60. The van der Waals surface area contributed by atoms with Gasteiger partial charge in [0.05, 0.1) is 23.7 Å². The average molecular weight is 526 g/mol. The minimum atomic E-state index is -1.08. The first-order chi connectivity index (χ1) is 18.5. The van der Waals surface area contributed by atoms with E-state index in [4.69, 9.17) is 0 Å². The number of rotatable bonds is 2. The molecule has 0 bridgehead atoms. The summed E-state index contributed by atoms with van der Waals surface area (Å²) >= 11 is 0. The van der Waals surface area contributed by atoms with E-state index in [9.17, 15) is 24.3 Å². The molecule has 1 aliphatic heterocycles. The normalized spacial score (nSPS) is 26.2. The van der Waals surface area contributed by atoms with E-state index in [1.165, 1.54) is 9.36 Å². The van der Waals surface area contributed by atoms with Gasteiger partial charge < -0.3 is 5.11 Å². The molecular weight excluding hydrogens is 494 g/mol. The second kappa shape index (κ2) is 8.40. The predicted octanol–water partition coefficient (Wildman–Crippen LogP) is 3.90. The summed E-state index contributed by atoms with van der Waals surface area (Å²) in [5, 5.41) is 10.5. The summed E-state index contributed by atoms with van der Waals surface area (Å²) in [6.45, 7) is 9.07. The van der Waals surface area contributed by atoms with Crippen LogP contribution in [0.25, 0.3) is 5.69 Å². The SMILES string of the molecule is CC1=C(C)C(=O)C2(C)C(CC3C(=CCn4c(=O)n(-c5ccccc5)c(=O)n43)C2c2cc(C)c(O)c(C)c2)C1=O. The van der Waals surface area contributed by atoms with E-state index < -0.39 is 34.7 Å². The highest BCUT2D eigenvalue weighted by atomic mass is 16.3. The molecule has 2 aromatic carbocycles. The van der Waals surface area contributed by atoms with E-state index in [0.717, 1.165) is 15.7 Å². The second-order valence-corrected chi connectivity index (χ2v) is 11.3. The highest BCUT2D eigenvalue weighted by Crippen LogP contribution is 2.60. The van der Waals surface area contributed by atoms with Gasteiger partial charge in [-0.1, -0.05) is 43.3 Å². The Balaban J connectivity index is 1.62. The van der Waals surface area contributed by atoms with Gasteiger partial charge in [-0.05, 0) is 79.7 Å². The van der Waals surface area contributed by atoms with Gasteiger partial charge >= 0.3 is 11.4 Å². The first-order valence-electron chi connectivity index (χ1n) is 13.2. The fourth-order valence-electron chi connectivity index (χ4n) is 7.18. The van der Waals surface area contributed by atoms with Crippen LogP contribution in [-0.4, -0.2) is 30.6 Å². The summed E-state index contributed by atoms with van der Waals surface area (Å²) in [6, 6.07) is 12.0. The number of nitrogens with zero attached hydrogens (tertiary/aromatic N) is 3. The molecule has 0 amide bonds. The van der Waals surface area contributed by atoms with Gasteiger partial charge in [0.2, 0.25) is 0 Å². The molecule has 1 fully saturated rings. The number of ketones is 2. The number of hydrogen-bond donors (Lipinski definition) is 1. The van der Waals surface area contributed by atoms with Crippen LogP contribution in [0.4, 0.5) is 0 Å². The van der Waals surface area contributed by atoms with E-state index in [1.807, 2.05) is 45.0 Å². The van der Waals surface area contributed by atoms with Crippen LogP contribution in [0.15, 0.2) is 74.8 Å². The molecule has 2 aliphatic carbocycles. The molecule has 3 aliphatic rings. The van der Waals surface area contributed by atoms with Gasteiger partial charge in [0, 0.05) is 11.8 Å². The van der Waals surface area contributed by atoms with Gasteiger partial charge in [-0.25, -0.2) is 23.5 Å².